The number of rotatable bonds is 4. The summed E-state index contributed by atoms with van der Waals surface area (Å²) < 4.78 is 10.7. The van der Waals surface area contributed by atoms with Gasteiger partial charge in [-0.15, -0.1) is 0 Å². The highest BCUT2D eigenvalue weighted by molar-refractivity contribution is 4.90. The molecule has 1 saturated carbocycles. The molecule has 0 radical (unpaired) electrons. The lowest BCUT2D eigenvalue weighted by Gasteiger charge is -2.45. The first-order chi connectivity index (χ1) is 7.85. The van der Waals surface area contributed by atoms with E-state index < -0.39 is 0 Å². The van der Waals surface area contributed by atoms with E-state index >= 15 is 0 Å². The first-order valence-corrected chi connectivity index (χ1v) is 6.64. The van der Waals surface area contributed by atoms with Crippen LogP contribution in [0.25, 0.3) is 0 Å². The van der Waals surface area contributed by atoms with Gasteiger partial charge in [0.1, 0.15) is 0 Å². The van der Waals surface area contributed by atoms with Gasteiger partial charge in [0.25, 0.3) is 0 Å². The Balaban J connectivity index is 0.000000606. The van der Waals surface area contributed by atoms with Gasteiger partial charge in [0.2, 0.25) is 0 Å². The number of hydrogen-bond acceptors (Lipinski definition) is 3. The standard InChI is InChI=1S/C11H21NO2.C2H6/c1-13-10-11(3-2-4-11)9-12-5-7-14-8-6-12;1-2/h2-10H2,1H3;1-2H3. The molecule has 16 heavy (non-hydrogen) atoms. The molecule has 0 spiro atoms. The Morgan fingerprint density at radius 3 is 2.25 bits per heavy atom. The molecule has 3 nitrogen and oxygen atoms in total. The van der Waals surface area contributed by atoms with Crippen molar-refractivity contribution in [3.8, 4) is 0 Å². The van der Waals surface area contributed by atoms with Gasteiger partial charge in [0.15, 0.2) is 0 Å². The van der Waals surface area contributed by atoms with E-state index in [4.69, 9.17) is 9.47 Å². The van der Waals surface area contributed by atoms with E-state index in [-0.39, 0.29) is 0 Å². The summed E-state index contributed by atoms with van der Waals surface area (Å²) in [6.07, 6.45) is 4.07. The summed E-state index contributed by atoms with van der Waals surface area (Å²) in [6, 6.07) is 0. The minimum Gasteiger partial charge on any atom is -0.384 e. The van der Waals surface area contributed by atoms with E-state index in [9.17, 15) is 0 Å². The maximum atomic E-state index is 5.35. The van der Waals surface area contributed by atoms with Gasteiger partial charge >= 0.3 is 0 Å². The van der Waals surface area contributed by atoms with Crippen molar-refractivity contribution in [1.82, 2.24) is 4.90 Å². The molecule has 0 aromatic carbocycles. The summed E-state index contributed by atoms with van der Waals surface area (Å²) in [5.74, 6) is 0. The van der Waals surface area contributed by atoms with Crippen LogP contribution < -0.4 is 0 Å². The molecule has 0 aromatic heterocycles. The van der Waals surface area contributed by atoms with Gasteiger partial charge in [-0.25, -0.2) is 0 Å². The zero-order valence-electron chi connectivity index (χ0n) is 11.1. The molecule has 1 aliphatic carbocycles. The van der Waals surface area contributed by atoms with Gasteiger partial charge in [-0.3, -0.25) is 4.90 Å². The lowest BCUT2D eigenvalue weighted by atomic mass is 9.69. The van der Waals surface area contributed by atoms with Crippen molar-refractivity contribution in [1.29, 1.82) is 0 Å². The summed E-state index contributed by atoms with van der Waals surface area (Å²) in [4.78, 5) is 2.53. The van der Waals surface area contributed by atoms with E-state index in [0.29, 0.717) is 5.41 Å². The molecule has 1 heterocycles. The fraction of sp³-hybridized carbons (Fsp3) is 1.00. The molecule has 0 bridgehead atoms. The van der Waals surface area contributed by atoms with Crippen molar-refractivity contribution in [2.45, 2.75) is 33.1 Å². The van der Waals surface area contributed by atoms with Crippen LogP contribution in [0.4, 0.5) is 0 Å². The highest BCUT2D eigenvalue weighted by Gasteiger charge is 2.38. The summed E-state index contributed by atoms with van der Waals surface area (Å²) in [5, 5.41) is 0. The number of ether oxygens (including phenoxy) is 2. The molecule has 3 heteroatoms. The van der Waals surface area contributed by atoms with E-state index in [1.54, 1.807) is 0 Å². The largest absolute Gasteiger partial charge is 0.384 e. The van der Waals surface area contributed by atoms with Crippen molar-refractivity contribution in [2.24, 2.45) is 5.41 Å². The predicted molar refractivity (Wildman–Crippen MR) is 66.8 cm³/mol. The van der Waals surface area contributed by atoms with Crippen LogP contribution in [0.3, 0.4) is 0 Å². The van der Waals surface area contributed by atoms with E-state index in [2.05, 4.69) is 4.90 Å². The lowest BCUT2D eigenvalue weighted by molar-refractivity contribution is -0.0395. The minimum atomic E-state index is 0.478. The van der Waals surface area contributed by atoms with Crippen LogP contribution in [0.1, 0.15) is 33.1 Å². The van der Waals surface area contributed by atoms with Crippen LogP contribution in [-0.2, 0) is 9.47 Å². The van der Waals surface area contributed by atoms with Crippen LogP contribution in [0.15, 0.2) is 0 Å². The molecule has 0 unspecified atom stereocenters. The third-order valence-electron chi connectivity index (χ3n) is 3.53. The number of morpholine rings is 1. The fourth-order valence-corrected chi connectivity index (χ4v) is 2.56. The average molecular weight is 229 g/mol. The highest BCUT2D eigenvalue weighted by Crippen LogP contribution is 2.41. The number of hydrogen-bond donors (Lipinski definition) is 0. The van der Waals surface area contributed by atoms with Gasteiger partial charge in [-0.05, 0) is 12.8 Å². The molecule has 2 aliphatic rings. The third-order valence-corrected chi connectivity index (χ3v) is 3.53. The van der Waals surface area contributed by atoms with E-state index in [1.807, 2.05) is 21.0 Å². The van der Waals surface area contributed by atoms with Gasteiger partial charge in [-0.2, -0.15) is 0 Å². The molecule has 0 N–H and O–H groups in total. The van der Waals surface area contributed by atoms with Crippen molar-refractivity contribution >= 4 is 0 Å². The predicted octanol–water partition coefficient (Wildman–Crippen LogP) is 2.16. The van der Waals surface area contributed by atoms with Crippen molar-refractivity contribution in [3.05, 3.63) is 0 Å². The Bertz CT molecular complexity index is 175. The second-order valence-electron chi connectivity index (χ2n) is 4.68. The maximum absolute atomic E-state index is 5.35. The molecular weight excluding hydrogens is 202 g/mol. The van der Waals surface area contributed by atoms with Crippen molar-refractivity contribution in [2.75, 3.05) is 46.6 Å². The molecule has 2 fully saturated rings. The van der Waals surface area contributed by atoms with Crippen molar-refractivity contribution in [3.63, 3.8) is 0 Å². The molecule has 1 saturated heterocycles. The minimum absolute atomic E-state index is 0.478. The molecule has 0 atom stereocenters. The third kappa shape index (κ3) is 3.72. The van der Waals surface area contributed by atoms with Crippen LogP contribution in [-0.4, -0.2) is 51.5 Å². The van der Waals surface area contributed by atoms with Crippen LogP contribution >= 0.6 is 0 Å². The van der Waals surface area contributed by atoms with Crippen molar-refractivity contribution < 1.29 is 9.47 Å². The number of nitrogens with zero attached hydrogens (tertiary/aromatic N) is 1. The van der Waals surface area contributed by atoms with Gasteiger partial charge in [-0.1, -0.05) is 20.3 Å². The van der Waals surface area contributed by atoms with Crippen LogP contribution in [0.5, 0.6) is 0 Å². The molecule has 96 valence electrons. The van der Waals surface area contributed by atoms with Crippen LogP contribution in [0.2, 0.25) is 0 Å². The Morgan fingerprint density at radius 2 is 1.81 bits per heavy atom. The Kier molecular flexibility index (Phi) is 6.32. The van der Waals surface area contributed by atoms with Gasteiger partial charge in [0, 0.05) is 32.2 Å². The van der Waals surface area contributed by atoms with E-state index in [1.165, 1.54) is 25.8 Å². The molecule has 1 aliphatic heterocycles. The first-order valence-electron chi connectivity index (χ1n) is 6.64. The molecular formula is C13H27NO2. The zero-order valence-corrected chi connectivity index (χ0v) is 11.1. The first kappa shape index (κ1) is 13.9. The summed E-state index contributed by atoms with van der Waals surface area (Å²) in [6.45, 7) is 10.2. The lowest BCUT2D eigenvalue weighted by Crippen LogP contribution is -2.48. The highest BCUT2D eigenvalue weighted by atomic mass is 16.5. The van der Waals surface area contributed by atoms with E-state index in [0.717, 1.165) is 32.9 Å². The van der Waals surface area contributed by atoms with Gasteiger partial charge in [0.05, 0.1) is 19.8 Å². The molecule has 0 amide bonds. The Labute approximate surface area is 100 Å². The quantitative estimate of drug-likeness (QED) is 0.737. The zero-order chi connectivity index (χ0) is 11.9. The second-order valence-corrected chi connectivity index (χ2v) is 4.68. The summed E-state index contributed by atoms with van der Waals surface area (Å²) in [5.41, 5.74) is 0.478. The smallest absolute Gasteiger partial charge is 0.0594 e. The summed E-state index contributed by atoms with van der Waals surface area (Å²) in [7, 11) is 1.82. The monoisotopic (exact) mass is 229 g/mol. The Hall–Kier alpha value is -0.120. The normalized spacial score (nSPS) is 24.2. The SMILES string of the molecule is CC.COCC1(CN2CCOCC2)CCC1. The molecule has 2 rings (SSSR count). The Morgan fingerprint density at radius 1 is 1.19 bits per heavy atom. The topological polar surface area (TPSA) is 21.7 Å². The summed E-state index contributed by atoms with van der Waals surface area (Å²) >= 11 is 0. The fourth-order valence-electron chi connectivity index (χ4n) is 2.56. The van der Waals surface area contributed by atoms with Crippen LogP contribution in [0, 0.1) is 5.41 Å². The average Bonchev–Trinajstić information content (AvgIpc) is 2.30. The second kappa shape index (κ2) is 7.25. The van der Waals surface area contributed by atoms with Gasteiger partial charge < -0.3 is 9.47 Å². The maximum Gasteiger partial charge on any atom is 0.0594 e. The molecule has 0 aromatic rings. The number of methoxy groups -OCH3 is 1.